The summed E-state index contributed by atoms with van der Waals surface area (Å²) in [6.45, 7) is 5.01. The minimum Gasteiger partial charge on any atom is -0.335 e. The second kappa shape index (κ2) is 9.21. The molecular formula is C20H28N4OS. The van der Waals surface area contributed by atoms with Crippen LogP contribution in [0.5, 0.6) is 0 Å². The van der Waals surface area contributed by atoms with Crippen molar-refractivity contribution in [3.63, 3.8) is 0 Å². The van der Waals surface area contributed by atoms with Crippen molar-refractivity contribution < 1.29 is 4.79 Å². The minimum atomic E-state index is 0.0593. The van der Waals surface area contributed by atoms with Crippen molar-refractivity contribution in [2.45, 2.75) is 57.6 Å². The fourth-order valence-electron chi connectivity index (χ4n) is 3.28. The normalized spacial score (nSPS) is 21.4. The topological polar surface area (TPSA) is 65.8 Å². The molecule has 0 bridgehead atoms. The molecule has 1 amide bonds. The van der Waals surface area contributed by atoms with Gasteiger partial charge >= 0.3 is 0 Å². The van der Waals surface area contributed by atoms with Crippen molar-refractivity contribution in [3.8, 4) is 0 Å². The average Bonchev–Trinajstić information content (AvgIpc) is 3.14. The van der Waals surface area contributed by atoms with Gasteiger partial charge in [-0.3, -0.25) is 9.79 Å². The lowest BCUT2D eigenvalue weighted by Crippen LogP contribution is -2.29. The van der Waals surface area contributed by atoms with Crippen molar-refractivity contribution in [3.05, 3.63) is 29.8 Å². The molecule has 6 heteroatoms. The highest BCUT2D eigenvalue weighted by Crippen LogP contribution is 2.25. The highest BCUT2D eigenvalue weighted by molar-refractivity contribution is 8.15. The lowest BCUT2D eigenvalue weighted by Gasteiger charge is -2.19. The van der Waals surface area contributed by atoms with E-state index in [2.05, 4.69) is 27.8 Å². The number of nitrogens with zero attached hydrogens (tertiary/aromatic N) is 2. The van der Waals surface area contributed by atoms with Gasteiger partial charge in [0.2, 0.25) is 5.91 Å². The molecule has 2 N–H and O–H groups in total. The molecule has 26 heavy (non-hydrogen) atoms. The summed E-state index contributed by atoms with van der Waals surface area (Å²) in [5, 5.41) is 9.25. The Labute approximate surface area is 160 Å². The predicted molar refractivity (Wildman–Crippen MR) is 111 cm³/mol. The third kappa shape index (κ3) is 5.10. The Balaban J connectivity index is 1.53. The van der Waals surface area contributed by atoms with Crippen molar-refractivity contribution in [1.29, 1.82) is 0 Å². The van der Waals surface area contributed by atoms with E-state index in [1.165, 1.54) is 6.42 Å². The van der Waals surface area contributed by atoms with Crippen LogP contribution in [-0.2, 0) is 4.79 Å². The lowest BCUT2D eigenvalue weighted by atomic mass is 9.89. The molecule has 0 saturated heterocycles. The smallest absolute Gasteiger partial charge is 0.243 e. The van der Waals surface area contributed by atoms with Crippen LogP contribution in [0.4, 0.5) is 5.69 Å². The van der Waals surface area contributed by atoms with Crippen LogP contribution in [0.15, 0.2) is 34.4 Å². The Morgan fingerprint density at radius 3 is 2.62 bits per heavy atom. The average molecular weight is 373 g/mol. The largest absolute Gasteiger partial charge is 0.335 e. The maximum atomic E-state index is 12.2. The molecule has 0 radical (unpaired) electrons. The number of rotatable bonds is 5. The number of hydrogen-bond donors (Lipinski definition) is 2. The van der Waals surface area contributed by atoms with Gasteiger partial charge in [0.15, 0.2) is 5.17 Å². The number of carbonyl (C=O) groups excluding carboxylic acids is 1. The fraction of sp³-hybridized carbons (Fsp3) is 0.550. The summed E-state index contributed by atoms with van der Waals surface area (Å²) in [7, 11) is 0. The summed E-state index contributed by atoms with van der Waals surface area (Å²) in [5.74, 6) is 0.188. The molecule has 1 heterocycles. The zero-order valence-corrected chi connectivity index (χ0v) is 16.4. The van der Waals surface area contributed by atoms with Crippen LogP contribution in [-0.4, -0.2) is 28.6 Å². The molecule has 0 unspecified atom stereocenters. The van der Waals surface area contributed by atoms with E-state index in [1.807, 2.05) is 43.0 Å². The number of nitrogens with one attached hydrogen (secondary N) is 2. The van der Waals surface area contributed by atoms with Gasteiger partial charge in [0, 0.05) is 16.9 Å². The second-order valence-corrected chi connectivity index (χ2v) is 8.29. The van der Waals surface area contributed by atoms with E-state index in [9.17, 15) is 4.79 Å². The van der Waals surface area contributed by atoms with Gasteiger partial charge in [-0.05, 0) is 43.9 Å². The maximum Gasteiger partial charge on any atom is 0.243 e. The van der Waals surface area contributed by atoms with Crippen molar-refractivity contribution in [2.24, 2.45) is 16.0 Å². The van der Waals surface area contributed by atoms with Gasteiger partial charge in [0.05, 0.1) is 12.3 Å². The Bertz CT molecular complexity index is 678. The van der Waals surface area contributed by atoms with Crippen LogP contribution in [0.25, 0.3) is 0 Å². The molecule has 5 nitrogen and oxygen atoms in total. The fourth-order valence-corrected chi connectivity index (χ4v) is 4.23. The predicted octanol–water partition coefficient (Wildman–Crippen LogP) is 4.40. The van der Waals surface area contributed by atoms with Gasteiger partial charge in [-0.25, -0.2) is 5.43 Å². The molecule has 140 valence electrons. The van der Waals surface area contributed by atoms with Gasteiger partial charge < -0.3 is 5.32 Å². The van der Waals surface area contributed by atoms with E-state index >= 15 is 0 Å². The quantitative estimate of drug-likeness (QED) is 0.595. The van der Waals surface area contributed by atoms with Crippen molar-refractivity contribution >= 4 is 34.2 Å². The first-order valence-corrected chi connectivity index (χ1v) is 10.5. The number of anilines is 1. The van der Waals surface area contributed by atoms with Gasteiger partial charge in [0.1, 0.15) is 0 Å². The number of thioether (sulfide) groups is 1. The Morgan fingerprint density at radius 1 is 1.23 bits per heavy atom. The van der Waals surface area contributed by atoms with Crippen LogP contribution in [0.3, 0.4) is 0 Å². The Hall–Kier alpha value is -1.82. The van der Waals surface area contributed by atoms with Gasteiger partial charge in [0.25, 0.3) is 0 Å². The first kappa shape index (κ1) is 19.0. The molecule has 1 fully saturated rings. The molecule has 1 atom stereocenters. The van der Waals surface area contributed by atoms with E-state index in [0.717, 1.165) is 60.8 Å². The molecule has 0 spiro atoms. The van der Waals surface area contributed by atoms with Crippen molar-refractivity contribution in [2.75, 3.05) is 11.9 Å². The number of hydrogen-bond acceptors (Lipinski definition) is 5. The highest BCUT2D eigenvalue weighted by Gasteiger charge is 2.20. The molecule has 3 rings (SSSR count). The summed E-state index contributed by atoms with van der Waals surface area (Å²) in [6.07, 6.45) is 6.66. The maximum absolute atomic E-state index is 12.2. The number of benzene rings is 1. The number of carbonyl (C=O) groups is 1. The number of amidine groups is 1. The third-order valence-corrected chi connectivity index (χ3v) is 6.31. The number of hydrazone groups is 1. The van der Waals surface area contributed by atoms with Crippen LogP contribution < -0.4 is 10.7 Å². The molecule has 0 aromatic heterocycles. The van der Waals surface area contributed by atoms with Crippen LogP contribution >= 0.6 is 11.8 Å². The van der Waals surface area contributed by atoms with Crippen LogP contribution in [0, 0.1) is 5.92 Å². The number of amides is 1. The summed E-state index contributed by atoms with van der Waals surface area (Å²) < 4.78 is 0. The number of aliphatic imine (C=N–C) groups is 1. The van der Waals surface area contributed by atoms with Crippen LogP contribution in [0.2, 0.25) is 0 Å². The van der Waals surface area contributed by atoms with E-state index in [-0.39, 0.29) is 11.8 Å². The molecule has 1 aliphatic carbocycles. The SMILES string of the molecule is CC[C@H]1CN=C(Nc2ccc(/C(C)=N\NC(=O)C3CCCCC3)cc2)S1. The van der Waals surface area contributed by atoms with E-state index in [4.69, 9.17) is 0 Å². The minimum absolute atomic E-state index is 0.0593. The molecular weight excluding hydrogens is 344 g/mol. The summed E-state index contributed by atoms with van der Waals surface area (Å²) >= 11 is 1.81. The monoisotopic (exact) mass is 372 g/mol. The zero-order chi connectivity index (χ0) is 18.4. The van der Waals surface area contributed by atoms with E-state index in [0.29, 0.717) is 5.25 Å². The second-order valence-electron chi connectivity index (χ2n) is 7.00. The highest BCUT2D eigenvalue weighted by atomic mass is 32.2. The molecule has 1 aliphatic heterocycles. The van der Waals surface area contributed by atoms with Crippen LogP contribution in [0.1, 0.15) is 57.9 Å². The molecule has 1 aromatic rings. The molecule has 2 aliphatic rings. The van der Waals surface area contributed by atoms with E-state index < -0.39 is 0 Å². The van der Waals surface area contributed by atoms with E-state index in [1.54, 1.807) is 0 Å². The van der Waals surface area contributed by atoms with Gasteiger partial charge in [-0.15, -0.1) is 0 Å². The standard InChI is InChI=1S/C20H28N4OS/c1-3-18-13-21-20(26-18)22-17-11-9-15(10-12-17)14(2)23-24-19(25)16-7-5-4-6-8-16/h9-12,16,18H,3-8,13H2,1-2H3,(H,21,22)(H,24,25)/b23-14-/t18-/m0/s1. The Kier molecular flexibility index (Phi) is 6.72. The third-order valence-electron chi connectivity index (χ3n) is 5.04. The first-order valence-electron chi connectivity index (χ1n) is 9.58. The summed E-state index contributed by atoms with van der Waals surface area (Å²) in [5.41, 5.74) is 5.60. The summed E-state index contributed by atoms with van der Waals surface area (Å²) in [6, 6.07) is 8.09. The Morgan fingerprint density at radius 2 is 1.96 bits per heavy atom. The molecule has 1 saturated carbocycles. The zero-order valence-electron chi connectivity index (χ0n) is 15.6. The lowest BCUT2D eigenvalue weighted by molar-refractivity contribution is -0.125. The van der Waals surface area contributed by atoms with Crippen molar-refractivity contribution in [1.82, 2.24) is 5.43 Å². The van der Waals surface area contributed by atoms with Gasteiger partial charge in [-0.1, -0.05) is 50.1 Å². The molecule has 1 aromatic carbocycles. The summed E-state index contributed by atoms with van der Waals surface area (Å²) in [4.78, 5) is 16.7. The first-order chi connectivity index (χ1) is 12.7. The van der Waals surface area contributed by atoms with Gasteiger partial charge in [-0.2, -0.15) is 5.10 Å².